The van der Waals surface area contributed by atoms with Gasteiger partial charge in [0.15, 0.2) is 0 Å². The zero-order chi connectivity index (χ0) is 10.7. The number of hydrogen-bond acceptors (Lipinski definition) is 3. The van der Waals surface area contributed by atoms with Gasteiger partial charge in [0, 0.05) is 7.05 Å². The van der Waals surface area contributed by atoms with Crippen LogP contribution in [-0.2, 0) is 4.79 Å². The average Bonchev–Trinajstić information content (AvgIpc) is 2.33. The second-order valence-corrected chi connectivity index (χ2v) is 5.07. The average molecular weight is 227 g/mol. The minimum absolute atomic E-state index is 0.00611. The van der Waals surface area contributed by atoms with Crippen molar-refractivity contribution in [3.05, 3.63) is 23.1 Å². The van der Waals surface area contributed by atoms with Crippen LogP contribution >= 0.6 is 24.0 Å². The number of nitrogens with zero attached hydrogens (tertiary/aromatic N) is 1. The number of amides is 1. The van der Waals surface area contributed by atoms with Crippen molar-refractivity contribution >= 4 is 34.2 Å². The zero-order valence-electron chi connectivity index (χ0n) is 8.48. The fourth-order valence-corrected chi connectivity index (χ4v) is 2.06. The number of rotatable bonds is 2. The highest BCUT2D eigenvalue weighted by Gasteiger charge is 2.27. The van der Waals surface area contributed by atoms with E-state index in [-0.39, 0.29) is 5.91 Å². The lowest BCUT2D eigenvalue weighted by atomic mass is 10.2. The standard InChI is InChI=1S/C10H13NOS2/c1-7(2)5-4-6-8-9(12)11(3)10(13)14-8/h4-7H,1-3H3/b5-4+,8-6-. The van der Waals surface area contributed by atoms with Gasteiger partial charge in [-0.25, -0.2) is 0 Å². The van der Waals surface area contributed by atoms with E-state index in [9.17, 15) is 4.79 Å². The Labute approximate surface area is 94.0 Å². The molecule has 1 amide bonds. The summed E-state index contributed by atoms with van der Waals surface area (Å²) < 4.78 is 0.624. The lowest BCUT2D eigenvalue weighted by Crippen LogP contribution is -2.22. The van der Waals surface area contributed by atoms with Crippen LogP contribution in [0.2, 0.25) is 0 Å². The van der Waals surface area contributed by atoms with Gasteiger partial charge in [-0.05, 0) is 12.0 Å². The number of hydrogen-bond donors (Lipinski definition) is 0. The molecule has 2 nitrogen and oxygen atoms in total. The third kappa shape index (κ3) is 2.69. The number of thioether (sulfide) groups is 1. The van der Waals surface area contributed by atoms with Gasteiger partial charge in [-0.2, -0.15) is 0 Å². The highest BCUT2D eigenvalue weighted by Crippen LogP contribution is 2.29. The summed E-state index contributed by atoms with van der Waals surface area (Å²) in [4.78, 5) is 13.7. The summed E-state index contributed by atoms with van der Waals surface area (Å²) in [5.41, 5.74) is 0. The summed E-state index contributed by atoms with van der Waals surface area (Å²) in [6.45, 7) is 4.19. The van der Waals surface area contributed by atoms with Gasteiger partial charge in [-0.15, -0.1) is 0 Å². The molecule has 1 aliphatic rings. The molecule has 4 heteroatoms. The predicted octanol–water partition coefficient (Wildman–Crippen LogP) is 2.57. The first-order valence-electron chi connectivity index (χ1n) is 4.40. The molecule has 76 valence electrons. The Morgan fingerprint density at radius 2 is 2.14 bits per heavy atom. The smallest absolute Gasteiger partial charge is 0.265 e. The summed E-state index contributed by atoms with van der Waals surface area (Å²) in [6.07, 6.45) is 5.78. The summed E-state index contributed by atoms with van der Waals surface area (Å²) in [5, 5.41) is 0. The zero-order valence-corrected chi connectivity index (χ0v) is 10.1. The van der Waals surface area contributed by atoms with E-state index < -0.39 is 0 Å². The maximum atomic E-state index is 11.5. The van der Waals surface area contributed by atoms with Crippen LogP contribution in [0, 0.1) is 5.92 Å². The molecule has 0 aromatic heterocycles. The van der Waals surface area contributed by atoms with Crippen molar-refractivity contribution < 1.29 is 4.79 Å². The van der Waals surface area contributed by atoms with Crippen LogP contribution in [0.25, 0.3) is 0 Å². The Bertz CT molecular complexity index is 318. The molecule has 1 saturated heterocycles. The van der Waals surface area contributed by atoms with Crippen LogP contribution in [0.3, 0.4) is 0 Å². The number of carbonyl (C=O) groups is 1. The Morgan fingerprint density at radius 3 is 2.57 bits per heavy atom. The first-order chi connectivity index (χ1) is 6.52. The van der Waals surface area contributed by atoms with Gasteiger partial charge >= 0.3 is 0 Å². The monoisotopic (exact) mass is 227 g/mol. The van der Waals surface area contributed by atoms with E-state index in [2.05, 4.69) is 13.8 Å². The van der Waals surface area contributed by atoms with Crippen LogP contribution in [0.5, 0.6) is 0 Å². The minimum Gasteiger partial charge on any atom is -0.296 e. The van der Waals surface area contributed by atoms with Crippen molar-refractivity contribution in [1.29, 1.82) is 0 Å². The van der Waals surface area contributed by atoms with E-state index >= 15 is 0 Å². The van der Waals surface area contributed by atoms with Crippen LogP contribution in [0.1, 0.15) is 13.8 Å². The summed E-state index contributed by atoms with van der Waals surface area (Å²) in [6, 6.07) is 0. The molecule has 0 radical (unpaired) electrons. The third-order valence-corrected chi connectivity index (χ3v) is 3.23. The first-order valence-corrected chi connectivity index (χ1v) is 5.63. The van der Waals surface area contributed by atoms with Gasteiger partial charge in [0.05, 0.1) is 4.91 Å². The van der Waals surface area contributed by atoms with Crippen LogP contribution < -0.4 is 0 Å². The largest absolute Gasteiger partial charge is 0.296 e. The molecule has 0 bridgehead atoms. The Balaban J connectivity index is 2.71. The summed E-state index contributed by atoms with van der Waals surface area (Å²) in [5.74, 6) is 0.492. The Hall–Kier alpha value is -0.610. The third-order valence-electron chi connectivity index (χ3n) is 1.73. The van der Waals surface area contributed by atoms with Crippen molar-refractivity contribution in [3.63, 3.8) is 0 Å². The van der Waals surface area contributed by atoms with Crippen molar-refractivity contribution in [2.45, 2.75) is 13.8 Å². The SMILES string of the molecule is CC(C)/C=C/C=C1\SC(=S)N(C)C1=O. The van der Waals surface area contributed by atoms with Crippen LogP contribution in [0.4, 0.5) is 0 Å². The topological polar surface area (TPSA) is 20.3 Å². The molecule has 1 aliphatic heterocycles. The van der Waals surface area contributed by atoms with E-state index in [0.717, 1.165) is 0 Å². The molecule has 0 atom stereocenters. The van der Waals surface area contributed by atoms with Crippen molar-refractivity contribution in [1.82, 2.24) is 4.90 Å². The second-order valence-electron chi connectivity index (χ2n) is 3.39. The van der Waals surface area contributed by atoms with Crippen molar-refractivity contribution in [2.24, 2.45) is 5.92 Å². The van der Waals surface area contributed by atoms with Gasteiger partial charge < -0.3 is 0 Å². The molecule has 0 saturated carbocycles. The quantitative estimate of drug-likeness (QED) is 0.534. The molecule has 0 N–H and O–H groups in total. The van der Waals surface area contributed by atoms with Gasteiger partial charge in [-0.1, -0.05) is 50.0 Å². The highest BCUT2D eigenvalue weighted by molar-refractivity contribution is 8.26. The maximum Gasteiger partial charge on any atom is 0.265 e. The molecule has 1 rings (SSSR count). The minimum atomic E-state index is -0.00611. The van der Waals surface area contributed by atoms with E-state index in [0.29, 0.717) is 15.1 Å². The van der Waals surface area contributed by atoms with E-state index in [4.69, 9.17) is 12.2 Å². The normalized spacial score (nSPS) is 20.9. The molecular formula is C10H13NOS2. The fraction of sp³-hybridized carbons (Fsp3) is 0.400. The molecule has 0 aliphatic carbocycles. The number of carbonyl (C=O) groups excluding carboxylic acids is 1. The lowest BCUT2D eigenvalue weighted by molar-refractivity contribution is -0.121. The molecule has 1 heterocycles. The summed E-state index contributed by atoms with van der Waals surface area (Å²) in [7, 11) is 1.70. The van der Waals surface area contributed by atoms with E-state index in [1.807, 2.05) is 18.2 Å². The Morgan fingerprint density at radius 1 is 1.50 bits per heavy atom. The van der Waals surface area contributed by atoms with Gasteiger partial charge in [0.2, 0.25) is 0 Å². The number of thiocarbonyl (C=S) groups is 1. The first kappa shape index (κ1) is 11.5. The molecular weight excluding hydrogens is 214 g/mol. The van der Waals surface area contributed by atoms with Crippen LogP contribution in [0.15, 0.2) is 23.1 Å². The van der Waals surface area contributed by atoms with Crippen molar-refractivity contribution in [2.75, 3.05) is 7.05 Å². The van der Waals surface area contributed by atoms with Gasteiger partial charge in [-0.3, -0.25) is 9.69 Å². The number of allylic oxidation sites excluding steroid dienone is 3. The Kier molecular flexibility index (Phi) is 3.89. The highest BCUT2D eigenvalue weighted by atomic mass is 32.2. The molecule has 0 aromatic rings. The number of likely N-dealkylation sites (N-methyl/N-ethyl adjacent to an activating group) is 1. The van der Waals surface area contributed by atoms with E-state index in [1.54, 1.807) is 7.05 Å². The van der Waals surface area contributed by atoms with Crippen molar-refractivity contribution in [3.8, 4) is 0 Å². The fourth-order valence-electron chi connectivity index (χ4n) is 0.925. The van der Waals surface area contributed by atoms with Gasteiger partial charge in [0.1, 0.15) is 4.32 Å². The maximum absolute atomic E-state index is 11.5. The molecule has 0 aromatic carbocycles. The predicted molar refractivity (Wildman–Crippen MR) is 65.0 cm³/mol. The van der Waals surface area contributed by atoms with E-state index in [1.165, 1.54) is 16.7 Å². The van der Waals surface area contributed by atoms with Gasteiger partial charge in [0.25, 0.3) is 5.91 Å². The lowest BCUT2D eigenvalue weighted by Gasteiger charge is -2.03. The summed E-state index contributed by atoms with van der Waals surface area (Å²) >= 11 is 6.35. The molecule has 14 heavy (non-hydrogen) atoms. The second kappa shape index (κ2) is 4.75. The molecule has 0 spiro atoms. The van der Waals surface area contributed by atoms with Crippen LogP contribution in [-0.4, -0.2) is 22.2 Å². The molecule has 0 unspecified atom stereocenters. The molecule has 1 fully saturated rings.